The van der Waals surface area contributed by atoms with E-state index < -0.39 is 0 Å². The number of hydrogen-bond donors (Lipinski definition) is 2. The Bertz CT molecular complexity index is 418. The zero-order chi connectivity index (χ0) is 14.3. The number of amides is 1. The van der Waals surface area contributed by atoms with Gasteiger partial charge >= 0.3 is 0 Å². The molecule has 2 rings (SSSR count). The van der Waals surface area contributed by atoms with E-state index in [0.717, 1.165) is 42.8 Å². The lowest BCUT2D eigenvalue weighted by atomic mass is 9.64. The summed E-state index contributed by atoms with van der Waals surface area (Å²) in [5.74, 6) is 2.05. The third-order valence-corrected chi connectivity index (χ3v) is 5.02. The molecule has 0 unspecified atom stereocenters. The summed E-state index contributed by atoms with van der Waals surface area (Å²) in [4.78, 5) is 12.5. The van der Waals surface area contributed by atoms with Crippen molar-refractivity contribution in [3.05, 3.63) is 35.9 Å². The predicted octanol–water partition coefficient (Wildman–Crippen LogP) is 2.34. The molecule has 1 fully saturated rings. The van der Waals surface area contributed by atoms with Crippen LogP contribution in [-0.2, 0) is 10.2 Å². The first-order chi connectivity index (χ1) is 9.79. The number of carbonyl (C=O) groups excluding carboxylic acids is 1. The zero-order valence-corrected chi connectivity index (χ0v) is 12.6. The Hall–Kier alpha value is -1.00. The largest absolute Gasteiger partial charge is 0.396 e. The van der Waals surface area contributed by atoms with Gasteiger partial charge in [0.15, 0.2) is 0 Å². The molecule has 1 aliphatic rings. The van der Waals surface area contributed by atoms with Gasteiger partial charge < -0.3 is 10.4 Å². The average molecular weight is 293 g/mol. The topological polar surface area (TPSA) is 49.3 Å². The van der Waals surface area contributed by atoms with Gasteiger partial charge in [0.05, 0.1) is 5.41 Å². The van der Waals surface area contributed by atoms with E-state index in [1.54, 1.807) is 11.8 Å². The molecule has 1 aliphatic carbocycles. The lowest BCUT2D eigenvalue weighted by molar-refractivity contribution is -0.129. The molecule has 0 aromatic heterocycles. The highest BCUT2D eigenvalue weighted by Crippen LogP contribution is 2.43. The van der Waals surface area contributed by atoms with Crippen molar-refractivity contribution in [3.8, 4) is 0 Å². The molecule has 0 radical (unpaired) electrons. The maximum Gasteiger partial charge on any atom is 0.230 e. The first kappa shape index (κ1) is 15.4. The molecule has 110 valence electrons. The molecule has 1 aromatic rings. The number of hydrogen-bond acceptors (Lipinski definition) is 3. The first-order valence-electron chi connectivity index (χ1n) is 7.32. The van der Waals surface area contributed by atoms with Crippen LogP contribution in [0.1, 0.15) is 31.2 Å². The summed E-state index contributed by atoms with van der Waals surface area (Å²) in [6, 6.07) is 10.1. The summed E-state index contributed by atoms with van der Waals surface area (Å²) in [6.07, 6.45) is 3.88. The number of aliphatic hydroxyl groups excluding tert-OH is 1. The predicted molar refractivity (Wildman–Crippen MR) is 84.0 cm³/mol. The fourth-order valence-electron chi connectivity index (χ4n) is 2.61. The van der Waals surface area contributed by atoms with Gasteiger partial charge in [-0.2, -0.15) is 11.8 Å². The molecule has 1 amide bonds. The second-order valence-electron chi connectivity index (χ2n) is 5.25. The molecule has 0 heterocycles. The van der Waals surface area contributed by atoms with Gasteiger partial charge in [-0.15, -0.1) is 0 Å². The van der Waals surface area contributed by atoms with Crippen LogP contribution in [0.25, 0.3) is 0 Å². The second-order valence-corrected chi connectivity index (χ2v) is 6.47. The zero-order valence-electron chi connectivity index (χ0n) is 11.8. The van der Waals surface area contributed by atoms with E-state index in [1.165, 1.54) is 0 Å². The van der Waals surface area contributed by atoms with Gasteiger partial charge in [-0.1, -0.05) is 36.8 Å². The molecule has 0 spiro atoms. The van der Waals surface area contributed by atoms with Crippen LogP contribution < -0.4 is 5.32 Å². The van der Waals surface area contributed by atoms with Crippen molar-refractivity contribution in [1.82, 2.24) is 5.32 Å². The average Bonchev–Trinajstić information content (AvgIpc) is 2.43. The van der Waals surface area contributed by atoms with Gasteiger partial charge in [0.2, 0.25) is 5.91 Å². The maximum atomic E-state index is 12.5. The van der Waals surface area contributed by atoms with E-state index in [4.69, 9.17) is 5.11 Å². The summed E-state index contributed by atoms with van der Waals surface area (Å²) in [5.41, 5.74) is 0.869. The quantitative estimate of drug-likeness (QED) is 0.723. The lowest BCUT2D eigenvalue weighted by Crippen LogP contribution is -2.49. The monoisotopic (exact) mass is 293 g/mol. The molecule has 2 N–H and O–H groups in total. The number of benzene rings is 1. The van der Waals surface area contributed by atoms with E-state index in [0.29, 0.717) is 6.54 Å². The van der Waals surface area contributed by atoms with Crippen molar-refractivity contribution in [2.75, 3.05) is 24.7 Å². The summed E-state index contributed by atoms with van der Waals surface area (Å²) >= 11 is 1.78. The Labute approximate surface area is 125 Å². The molecule has 0 bridgehead atoms. The first-order valence-corrected chi connectivity index (χ1v) is 8.47. The van der Waals surface area contributed by atoms with Crippen molar-refractivity contribution in [3.63, 3.8) is 0 Å². The van der Waals surface area contributed by atoms with Gasteiger partial charge in [-0.3, -0.25) is 4.79 Å². The number of rotatable bonds is 8. The van der Waals surface area contributed by atoms with Crippen molar-refractivity contribution in [2.24, 2.45) is 0 Å². The molecule has 20 heavy (non-hydrogen) atoms. The number of carbonyl (C=O) groups is 1. The van der Waals surface area contributed by atoms with Crippen LogP contribution >= 0.6 is 11.8 Å². The van der Waals surface area contributed by atoms with E-state index >= 15 is 0 Å². The van der Waals surface area contributed by atoms with Crippen molar-refractivity contribution in [1.29, 1.82) is 0 Å². The second kappa shape index (κ2) is 7.70. The summed E-state index contributed by atoms with van der Waals surface area (Å²) in [7, 11) is 0. The van der Waals surface area contributed by atoms with E-state index in [-0.39, 0.29) is 17.9 Å². The fourth-order valence-corrected chi connectivity index (χ4v) is 3.39. The van der Waals surface area contributed by atoms with Crippen LogP contribution in [0.15, 0.2) is 30.3 Å². The Morgan fingerprint density at radius 2 is 2.00 bits per heavy atom. The minimum atomic E-state index is -0.281. The van der Waals surface area contributed by atoms with Crippen LogP contribution in [0.3, 0.4) is 0 Å². The number of nitrogens with one attached hydrogen (secondary N) is 1. The maximum absolute atomic E-state index is 12.5. The van der Waals surface area contributed by atoms with Crippen LogP contribution in [-0.4, -0.2) is 35.7 Å². The third-order valence-electron chi connectivity index (χ3n) is 3.95. The third kappa shape index (κ3) is 3.55. The minimum Gasteiger partial charge on any atom is -0.396 e. The molecule has 0 aliphatic heterocycles. The normalized spacial score (nSPS) is 16.4. The fraction of sp³-hybridized carbons (Fsp3) is 0.562. The molecule has 0 saturated heterocycles. The Morgan fingerprint density at radius 1 is 1.25 bits per heavy atom. The van der Waals surface area contributed by atoms with Crippen molar-refractivity contribution in [2.45, 2.75) is 31.1 Å². The molecular weight excluding hydrogens is 270 g/mol. The number of aliphatic hydroxyl groups is 1. The lowest BCUT2D eigenvalue weighted by Gasteiger charge is -2.40. The standard InChI is InChI=1S/C16H23NO2S/c18-11-5-12-20-13-10-17-15(19)16(8-4-9-16)14-6-2-1-3-7-14/h1-3,6-7,18H,4-5,8-13H2,(H,17,19). The smallest absolute Gasteiger partial charge is 0.230 e. The van der Waals surface area contributed by atoms with Crippen molar-refractivity contribution >= 4 is 17.7 Å². The van der Waals surface area contributed by atoms with Crippen LogP contribution in [0.5, 0.6) is 0 Å². The highest BCUT2D eigenvalue weighted by molar-refractivity contribution is 7.99. The van der Waals surface area contributed by atoms with E-state index in [9.17, 15) is 4.79 Å². The van der Waals surface area contributed by atoms with Crippen molar-refractivity contribution < 1.29 is 9.90 Å². The highest BCUT2D eigenvalue weighted by Gasteiger charge is 2.45. The highest BCUT2D eigenvalue weighted by atomic mass is 32.2. The van der Waals surface area contributed by atoms with Gasteiger partial charge in [0.1, 0.15) is 0 Å². The number of thioether (sulfide) groups is 1. The Balaban J connectivity index is 1.81. The molecule has 4 heteroatoms. The van der Waals surface area contributed by atoms with Gasteiger partial charge in [0, 0.05) is 18.9 Å². The molecular formula is C16H23NO2S. The Kier molecular flexibility index (Phi) is 5.92. The molecule has 3 nitrogen and oxygen atoms in total. The van der Waals surface area contributed by atoms with Gasteiger partial charge in [0.25, 0.3) is 0 Å². The van der Waals surface area contributed by atoms with Crippen LogP contribution in [0.4, 0.5) is 0 Å². The SMILES string of the molecule is O=C(NCCSCCCO)C1(c2ccccc2)CCC1. The van der Waals surface area contributed by atoms with Crippen LogP contribution in [0, 0.1) is 0 Å². The molecule has 0 atom stereocenters. The van der Waals surface area contributed by atoms with Crippen LogP contribution in [0.2, 0.25) is 0 Å². The summed E-state index contributed by atoms with van der Waals surface area (Å²) in [6.45, 7) is 0.958. The summed E-state index contributed by atoms with van der Waals surface area (Å²) < 4.78 is 0. The molecule has 1 saturated carbocycles. The Morgan fingerprint density at radius 3 is 2.60 bits per heavy atom. The minimum absolute atomic E-state index is 0.178. The van der Waals surface area contributed by atoms with E-state index in [1.807, 2.05) is 18.2 Å². The molecule has 1 aromatic carbocycles. The van der Waals surface area contributed by atoms with Gasteiger partial charge in [-0.25, -0.2) is 0 Å². The van der Waals surface area contributed by atoms with E-state index in [2.05, 4.69) is 17.4 Å². The summed E-state index contributed by atoms with van der Waals surface area (Å²) in [5, 5.41) is 11.8. The van der Waals surface area contributed by atoms with Gasteiger partial charge in [-0.05, 0) is 30.6 Å².